The van der Waals surface area contributed by atoms with Gasteiger partial charge in [-0.15, -0.1) is 0 Å². The van der Waals surface area contributed by atoms with Crippen LogP contribution in [0, 0.1) is 0 Å². The quantitative estimate of drug-likeness (QED) is 0.857. The van der Waals surface area contributed by atoms with Crippen LogP contribution in [0.1, 0.15) is 25.5 Å². The molecule has 0 aliphatic carbocycles. The van der Waals surface area contributed by atoms with Crippen molar-refractivity contribution < 1.29 is 13.5 Å². The molecule has 96 valence electrons. The van der Waals surface area contributed by atoms with E-state index in [9.17, 15) is 13.5 Å². The molecular weight excluding hydrogens is 328 g/mol. The number of halogens is 2. The Kier molecular flexibility index (Phi) is 4.63. The zero-order valence-corrected chi connectivity index (χ0v) is 12.7. The summed E-state index contributed by atoms with van der Waals surface area (Å²) in [5.41, 5.74) is 0.505. The molecule has 1 aromatic rings. The van der Waals surface area contributed by atoms with E-state index in [0.717, 1.165) is 0 Å². The molecule has 0 unspecified atom stereocenters. The first-order valence-electron chi connectivity index (χ1n) is 5.07. The van der Waals surface area contributed by atoms with Crippen LogP contribution in [0.3, 0.4) is 0 Å². The summed E-state index contributed by atoms with van der Waals surface area (Å²) < 4.78 is 22.3. The van der Waals surface area contributed by atoms with Crippen LogP contribution >= 0.6 is 27.5 Å². The van der Waals surface area contributed by atoms with Crippen LogP contribution in [0.15, 0.2) is 24.3 Å². The van der Waals surface area contributed by atoms with E-state index < -0.39 is 19.6 Å². The van der Waals surface area contributed by atoms with Crippen LogP contribution in [0.25, 0.3) is 0 Å². The molecule has 0 fully saturated rings. The van der Waals surface area contributed by atoms with Gasteiger partial charge in [0.1, 0.15) is 6.10 Å². The van der Waals surface area contributed by atoms with Gasteiger partial charge in [-0.1, -0.05) is 46.6 Å². The first-order chi connectivity index (χ1) is 7.72. The Bertz CT molecular complexity index is 482. The molecule has 2 atom stereocenters. The van der Waals surface area contributed by atoms with Gasteiger partial charge in [0.2, 0.25) is 0 Å². The van der Waals surface area contributed by atoms with Gasteiger partial charge in [-0.2, -0.15) is 0 Å². The lowest BCUT2D eigenvalue weighted by atomic mass is 10.1. The summed E-state index contributed by atoms with van der Waals surface area (Å²) in [6.45, 7) is 2.99. The third-order valence-corrected chi connectivity index (χ3v) is 7.03. The Morgan fingerprint density at radius 2 is 1.88 bits per heavy atom. The van der Waals surface area contributed by atoms with E-state index in [1.807, 2.05) is 0 Å². The fourth-order valence-electron chi connectivity index (χ4n) is 1.40. The van der Waals surface area contributed by atoms with Crippen molar-refractivity contribution in [3.05, 3.63) is 34.9 Å². The largest absolute Gasteiger partial charge is 0.386 e. The summed E-state index contributed by atoms with van der Waals surface area (Å²) in [7, 11) is -3.42. The third-order valence-electron chi connectivity index (χ3n) is 2.66. The van der Waals surface area contributed by atoms with Gasteiger partial charge in [0, 0.05) is 10.8 Å². The van der Waals surface area contributed by atoms with Crippen LogP contribution in [-0.4, -0.2) is 22.9 Å². The SMILES string of the molecule is CCS(=O)(=O)[C@](C)(Br)[C@H](O)c1ccc(Cl)cc1. The highest BCUT2D eigenvalue weighted by atomic mass is 79.9. The maximum Gasteiger partial charge on any atom is 0.168 e. The molecule has 1 rings (SSSR count). The number of hydrogen-bond acceptors (Lipinski definition) is 3. The summed E-state index contributed by atoms with van der Waals surface area (Å²) in [5.74, 6) is -0.0423. The molecule has 0 bridgehead atoms. The van der Waals surface area contributed by atoms with Crippen LogP contribution < -0.4 is 0 Å². The van der Waals surface area contributed by atoms with Gasteiger partial charge in [-0.25, -0.2) is 8.42 Å². The number of sulfone groups is 1. The van der Waals surface area contributed by atoms with Gasteiger partial charge < -0.3 is 5.11 Å². The minimum Gasteiger partial charge on any atom is -0.386 e. The summed E-state index contributed by atoms with van der Waals surface area (Å²) in [4.78, 5) is 0. The second-order valence-corrected chi connectivity index (χ2v) is 9.11. The number of aliphatic hydroxyl groups excluding tert-OH is 1. The highest BCUT2D eigenvalue weighted by Gasteiger charge is 2.42. The summed E-state index contributed by atoms with van der Waals surface area (Å²) in [6, 6.07) is 6.44. The molecule has 0 saturated carbocycles. The minimum absolute atomic E-state index is 0.0423. The van der Waals surface area contributed by atoms with Crippen LogP contribution in [0.5, 0.6) is 0 Å². The maximum absolute atomic E-state index is 11.9. The van der Waals surface area contributed by atoms with Gasteiger partial charge in [0.15, 0.2) is 13.5 Å². The van der Waals surface area contributed by atoms with Crippen molar-refractivity contribution in [2.24, 2.45) is 0 Å². The van der Waals surface area contributed by atoms with E-state index in [2.05, 4.69) is 15.9 Å². The number of aliphatic hydroxyl groups is 1. The van der Waals surface area contributed by atoms with Crippen LogP contribution in [0.4, 0.5) is 0 Å². The molecule has 0 aromatic heterocycles. The monoisotopic (exact) mass is 340 g/mol. The maximum atomic E-state index is 11.9. The van der Waals surface area contributed by atoms with Crippen molar-refractivity contribution in [1.82, 2.24) is 0 Å². The van der Waals surface area contributed by atoms with Crippen molar-refractivity contribution in [1.29, 1.82) is 0 Å². The molecule has 17 heavy (non-hydrogen) atoms. The molecule has 1 aromatic carbocycles. The number of alkyl halides is 1. The van der Waals surface area contributed by atoms with Gasteiger partial charge in [0.25, 0.3) is 0 Å². The Morgan fingerprint density at radius 1 is 1.41 bits per heavy atom. The first kappa shape index (κ1) is 15.0. The Morgan fingerprint density at radius 3 is 2.29 bits per heavy atom. The van der Waals surface area contributed by atoms with E-state index in [4.69, 9.17) is 11.6 Å². The highest BCUT2D eigenvalue weighted by Crippen LogP contribution is 2.38. The minimum atomic E-state index is -3.42. The van der Waals surface area contributed by atoms with Crippen molar-refractivity contribution >= 4 is 37.4 Å². The van der Waals surface area contributed by atoms with Crippen LogP contribution in [-0.2, 0) is 9.84 Å². The summed E-state index contributed by atoms with van der Waals surface area (Å²) in [5, 5.41) is 10.7. The summed E-state index contributed by atoms with van der Waals surface area (Å²) in [6.07, 6.45) is -1.15. The van der Waals surface area contributed by atoms with E-state index in [1.165, 1.54) is 6.92 Å². The number of hydrogen-bond donors (Lipinski definition) is 1. The molecule has 0 amide bonds. The lowest BCUT2D eigenvalue weighted by Crippen LogP contribution is -2.36. The molecule has 3 nitrogen and oxygen atoms in total. The molecule has 0 radical (unpaired) electrons. The van der Waals surface area contributed by atoms with E-state index in [1.54, 1.807) is 31.2 Å². The topological polar surface area (TPSA) is 54.4 Å². The predicted octanol–water partition coefficient (Wildman–Crippen LogP) is 2.92. The standard InChI is InChI=1S/C11H14BrClO3S/c1-3-17(15,16)11(2,12)10(14)8-4-6-9(13)7-5-8/h4-7,10,14H,3H2,1-2H3/t10-,11+/m1/s1. The van der Waals surface area contributed by atoms with E-state index in [0.29, 0.717) is 10.6 Å². The normalized spacial score (nSPS) is 17.5. The number of benzene rings is 1. The Balaban J connectivity index is 3.12. The zero-order valence-electron chi connectivity index (χ0n) is 9.52. The molecule has 0 aliphatic heterocycles. The van der Waals surface area contributed by atoms with E-state index >= 15 is 0 Å². The zero-order chi connectivity index (χ0) is 13.3. The first-order valence-corrected chi connectivity index (χ1v) is 7.89. The molecular formula is C11H14BrClO3S. The average Bonchev–Trinajstić information content (AvgIpc) is 2.28. The van der Waals surface area contributed by atoms with Crippen molar-refractivity contribution in [2.45, 2.75) is 23.6 Å². The van der Waals surface area contributed by atoms with Crippen molar-refractivity contribution in [3.63, 3.8) is 0 Å². The Labute approximate surface area is 115 Å². The molecule has 0 heterocycles. The van der Waals surface area contributed by atoms with Gasteiger partial charge in [-0.05, 0) is 24.6 Å². The fraction of sp³-hybridized carbons (Fsp3) is 0.455. The Hall–Kier alpha value is -0.100. The second kappa shape index (κ2) is 5.26. The van der Waals surface area contributed by atoms with Gasteiger partial charge in [0.05, 0.1) is 0 Å². The molecule has 0 aliphatic rings. The highest BCUT2D eigenvalue weighted by molar-refractivity contribution is 9.11. The van der Waals surface area contributed by atoms with Crippen LogP contribution in [0.2, 0.25) is 5.02 Å². The van der Waals surface area contributed by atoms with Crippen molar-refractivity contribution in [3.8, 4) is 0 Å². The third kappa shape index (κ3) is 3.02. The van der Waals surface area contributed by atoms with Crippen molar-refractivity contribution in [2.75, 3.05) is 5.75 Å². The van der Waals surface area contributed by atoms with Gasteiger partial charge >= 0.3 is 0 Å². The smallest absolute Gasteiger partial charge is 0.168 e. The molecule has 6 heteroatoms. The second-order valence-electron chi connectivity index (χ2n) is 3.84. The van der Waals surface area contributed by atoms with Gasteiger partial charge in [-0.3, -0.25) is 0 Å². The fourth-order valence-corrected chi connectivity index (χ4v) is 3.51. The predicted molar refractivity (Wildman–Crippen MR) is 73.2 cm³/mol. The lowest BCUT2D eigenvalue weighted by Gasteiger charge is -2.28. The average molecular weight is 342 g/mol. The lowest BCUT2D eigenvalue weighted by molar-refractivity contribution is 0.167. The van der Waals surface area contributed by atoms with E-state index in [-0.39, 0.29) is 5.75 Å². The summed E-state index contributed by atoms with van der Waals surface area (Å²) >= 11 is 8.85. The number of rotatable bonds is 4. The molecule has 0 saturated heterocycles. The molecule has 1 N–H and O–H groups in total. The molecule has 0 spiro atoms.